The summed E-state index contributed by atoms with van der Waals surface area (Å²) in [7, 11) is 3.35. The molecule has 0 aliphatic carbocycles. The molecule has 0 radical (unpaired) electrons. The molecule has 2 aliphatic rings. The summed E-state index contributed by atoms with van der Waals surface area (Å²) in [6.07, 6.45) is 0.710. The average molecular weight is 327 g/mol. The van der Waals surface area contributed by atoms with Crippen LogP contribution in [0.15, 0.2) is 16.6 Å². The van der Waals surface area contributed by atoms with Crippen LogP contribution in [0.3, 0.4) is 0 Å². The van der Waals surface area contributed by atoms with Gasteiger partial charge in [-0.2, -0.15) is 0 Å². The Labute approximate surface area is 120 Å². The van der Waals surface area contributed by atoms with Crippen molar-refractivity contribution in [3.05, 3.63) is 22.2 Å². The SMILES string of the molecule is COc1cc(Br)cc2c1OC1(C)CC2NC(=O)N1C. The number of amides is 2. The number of carbonyl (C=O) groups is 1. The fourth-order valence-corrected chi connectivity index (χ4v) is 3.11. The highest BCUT2D eigenvalue weighted by Gasteiger charge is 2.48. The fourth-order valence-electron chi connectivity index (χ4n) is 2.65. The summed E-state index contributed by atoms with van der Waals surface area (Å²) >= 11 is 3.45. The van der Waals surface area contributed by atoms with Crippen molar-refractivity contribution in [2.45, 2.75) is 25.1 Å². The van der Waals surface area contributed by atoms with E-state index >= 15 is 0 Å². The molecule has 1 saturated heterocycles. The van der Waals surface area contributed by atoms with Crippen molar-refractivity contribution in [1.82, 2.24) is 10.2 Å². The van der Waals surface area contributed by atoms with Gasteiger partial charge in [0.15, 0.2) is 17.2 Å². The second kappa shape index (κ2) is 4.03. The van der Waals surface area contributed by atoms with Crippen molar-refractivity contribution in [2.24, 2.45) is 0 Å². The van der Waals surface area contributed by atoms with Crippen LogP contribution in [0, 0.1) is 0 Å². The van der Waals surface area contributed by atoms with E-state index in [-0.39, 0.29) is 12.1 Å². The molecule has 2 bridgehead atoms. The Hall–Kier alpha value is -1.43. The second-order valence-electron chi connectivity index (χ2n) is 5.07. The molecule has 102 valence electrons. The summed E-state index contributed by atoms with van der Waals surface area (Å²) in [6.45, 7) is 1.92. The quantitative estimate of drug-likeness (QED) is 0.863. The first-order chi connectivity index (χ1) is 8.94. The van der Waals surface area contributed by atoms with E-state index in [1.807, 2.05) is 19.1 Å². The van der Waals surface area contributed by atoms with Crippen LogP contribution in [0.25, 0.3) is 0 Å². The van der Waals surface area contributed by atoms with Crippen LogP contribution >= 0.6 is 15.9 Å². The Kier molecular flexibility index (Phi) is 2.67. The van der Waals surface area contributed by atoms with Gasteiger partial charge in [-0.05, 0) is 19.1 Å². The van der Waals surface area contributed by atoms with Crippen LogP contribution in [-0.4, -0.2) is 30.8 Å². The predicted octanol–water partition coefficient (Wildman–Crippen LogP) is 2.65. The Balaban J connectivity index is 2.16. The molecule has 1 aromatic rings. The van der Waals surface area contributed by atoms with Gasteiger partial charge in [0.2, 0.25) is 0 Å². The maximum Gasteiger partial charge on any atom is 0.320 e. The Bertz CT molecular complexity index is 563. The molecule has 1 fully saturated rings. The lowest BCUT2D eigenvalue weighted by atomic mass is 9.90. The fraction of sp³-hybridized carbons (Fsp3) is 0.462. The molecule has 2 aliphatic heterocycles. The van der Waals surface area contributed by atoms with Gasteiger partial charge < -0.3 is 14.8 Å². The van der Waals surface area contributed by atoms with Crippen molar-refractivity contribution in [2.75, 3.05) is 14.2 Å². The highest BCUT2D eigenvalue weighted by molar-refractivity contribution is 9.10. The number of fused-ring (bicyclic) bond motifs is 4. The summed E-state index contributed by atoms with van der Waals surface area (Å²) in [5.41, 5.74) is 0.311. The summed E-state index contributed by atoms with van der Waals surface area (Å²) in [6, 6.07) is 3.66. The lowest BCUT2D eigenvalue weighted by molar-refractivity contribution is -0.0732. The number of carbonyl (C=O) groups excluding carboxylic acids is 1. The monoisotopic (exact) mass is 326 g/mol. The zero-order chi connectivity index (χ0) is 13.8. The van der Waals surface area contributed by atoms with Gasteiger partial charge in [0.25, 0.3) is 0 Å². The average Bonchev–Trinajstić information content (AvgIpc) is 2.36. The van der Waals surface area contributed by atoms with Crippen LogP contribution in [0.1, 0.15) is 24.9 Å². The third-order valence-electron chi connectivity index (χ3n) is 3.86. The molecule has 2 atom stereocenters. The van der Waals surface area contributed by atoms with Crippen molar-refractivity contribution in [1.29, 1.82) is 0 Å². The molecule has 1 aromatic carbocycles. The number of benzene rings is 1. The predicted molar refractivity (Wildman–Crippen MR) is 73.4 cm³/mol. The van der Waals surface area contributed by atoms with E-state index in [2.05, 4.69) is 21.2 Å². The second-order valence-corrected chi connectivity index (χ2v) is 5.98. The van der Waals surface area contributed by atoms with E-state index in [9.17, 15) is 4.79 Å². The summed E-state index contributed by atoms with van der Waals surface area (Å²) in [5.74, 6) is 1.38. The number of nitrogens with one attached hydrogen (secondary N) is 1. The Morgan fingerprint density at radius 1 is 1.58 bits per heavy atom. The molecule has 0 saturated carbocycles. The topological polar surface area (TPSA) is 50.8 Å². The molecule has 0 spiro atoms. The van der Waals surface area contributed by atoms with Crippen molar-refractivity contribution in [3.8, 4) is 11.5 Å². The minimum absolute atomic E-state index is 0.0520. The third kappa shape index (κ3) is 1.77. The van der Waals surface area contributed by atoms with Crippen LogP contribution in [0.5, 0.6) is 11.5 Å². The number of urea groups is 1. The zero-order valence-corrected chi connectivity index (χ0v) is 12.6. The summed E-state index contributed by atoms with van der Waals surface area (Å²) in [4.78, 5) is 13.5. The molecule has 2 amide bonds. The number of nitrogens with zero attached hydrogens (tertiary/aromatic N) is 1. The van der Waals surface area contributed by atoms with Gasteiger partial charge in [0, 0.05) is 23.5 Å². The lowest BCUT2D eigenvalue weighted by Gasteiger charge is -2.49. The summed E-state index contributed by atoms with van der Waals surface area (Å²) < 4.78 is 12.4. The lowest BCUT2D eigenvalue weighted by Crippen LogP contribution is -2.63. The first-order valence-electron chi connectivity index (χ1n) is 6.05. The standard InChI is InChI=1S/C13H15BrN2O3/c1-13-6-9(15-12(17)16(13)2)8-4-7(14)5-10(18-3)11(8)19-13/h4-5,9H,6H2,1-3H3,(H,15,17). The molecule has 6 heteroatoms. The molecular weight excluding hydrogens is 312 g/mol. The maximum absolute atomic E-state index is 12.0. The zero-order valence-electron chi connectivity index (χ0n) is 11.0. The van der Waals surface area contributed by atoms with E-state index in [0.29, 0.717) is 17.9 Å². The van der Waals surface area contributed by atoms with Gasteiger partial charge in [-0.25, -0.2) is 4.79 Å². The number of hydrogen-bond acceptors (Lipinski definition) is 3. The molecule has 2 heterocycles. The van der Waals surface area contributed by atoms with E-state index < -0.39 is 5.72 Å². The smallest absolute Gasteiger partial charge is 0.320 e. The first kappa shape index (κ1) is 12.6. The number of halogens is 1. The normalized spacial score (nSPS) is 28.3. The van der Waals surface area contributed by atoms with Gasteiger partial charge in [0.1, 0.15) is 0 Å². The van der Waals surface area contributed by atoms with Gasteiger partial charge in [-0.3, -0.25) is 4.90 Å². The number of rotatable bonds is 1. The molecule has 3 rings (SSSR count). The van der Waals surface area contributed by atoms with Crippen molar-refractivity contribution < 1.29 is 14.3 Å². The van der Waals surface area contributed by atoms with E-state index in [1.54, 1.807) is 19.1 Å². The van der Waals surface area contributed by atoms with E-state index in [0.717, 1.165) is 10.0 Å². The van der Waals surface area contributed by atoms with Gasteiger partial charge in [0.05, 0.1) is 13.2 Å². The Morgan fingerprint density at radius 2 is 2.32 bits per heavy atom. The van der Waals surface area contributed by atoms with Crippen molar-refractivity contribution in [3.63, 3.8) is 0 Å². The minimum Gasteiger partial charge on any atom is -0.493 e. The van der Waals surface area contributed by atoms with Crippen molar-refractivity contribution >= 4 is 22.0 Å². The van der Waals surface area contributed by atoms with Crippen LogP contribution in [0.2, 0.25) is 0 Å². The van der Waals surface area contributed by atoms with E-state index in [1.165, 1.54) is 0 Å². The molecule has 2 unspecified atom stereocenters. The van der Waals surface area contributed by atoms with Crippen LogP contribution in [-0.2, 0) is 0 Å². The van der Waals surface area contributed by atoms with Crippen LogP contribution in [0.4, 0.5) is 4.79 Å². The highest BCUT2D eigenvalue weighted by Crippen LogP contribution is 2.48. The summed E-state index contributed by atoms with van der Waals surface area (Å²) in [5, 5.41) is 2.99. The van der Waals surface area contributed by atoms with Gasteiger partial charge >= 0.3 is 6.03 Å². The molecular formula is C13H15BrN2O3. The minimum atomic E-state index is -0.638. The van der Waals surface area contributed by atoms with Gasteiger partial charge in [-0.15, -0.1) is 0 Å². The Morgan fingerprint density at radius 3 is 3.00 bits per heavy atom. The van der Waals surface area contributed by atoms with Crippen LogP contribution < -0.4 is 14.8 Å². The number of methoxy groups -OCH3 is 1. The highest BCUT2D eigenvalue weighted by atomic mass is 79.9. The molecule has 5 nitrogen and oxygen atoms in total. The molecule has 19 heavy (non-hydrogen) atoms. The van der Waals surface area contributed by atoms with E-state index in [4.69, 9.17) is 9.47 Å². The van der Waals surface area contributed by atoms with Gasteiger partial charge in [-0.1, -0.05) is 15.9 Å². The largest absolute Gasteiger partial charge is 0.493 e. The molecule has 0 aromatic heterocycles. The maximum atomic E-state index is 12.0. The molecule has 1 N–H and O–H groups in total. The first-order valence-corrected chi connectivity index (χ1v) is 6.85. The number of hydrogen-bond donors (Lipinski definition) is 1. The number of ether oxygens (including phenoxy) is 2. The third-order valence-corrected chi connectivity index (χ3v) is 4.32.